The predicted molar refractivity (Wildman–Crippen MR) is 89.4 cm³/mol. The minimum Gasteiger partial charge on any atom is -0.365 e. The highest BCUT2D eigenvalue weighted by atomic mass is 35.5. The highest BCUT2D eigenvalue weighted by molar-refractivity contribution is 6.30. The van der Waals surface area contributed by atoms with Gasteiger partial charge in [-0.1, -0.05) is 23.7 Å². The van der Waals surface area contributed by atoms with Gasteiger partial charge in [0.25, 0.3) is 5.91 Å². The van der Waals surface area contributed by atoms with E-state index in [2.05, 4.69) is 20.2 Å². The third kappa shape index (κ3) is 3.49. The Bertz CT molecular complexity index is 834. The molecule has 0 unspecified atom stereocenters. The fraction of sp³-hybridized carbons (Fsp3) is 0.0625. The van der Waals surface area contributed by atoms with Gasteiger partial charge in [-0.05, 0) is 29.8 Å². The van der Waals surface area contributed by atoms with Crippen LogP contribution in [0, 0.1) is 0 Å². The van der Waals surface area contributed by atoms with Gasteiger partial charge < -0.3 is 10.7 Å². The summed E-state index contributed by atoms with van der Waals surface area (Å²) >= 11 is 5.87. The Labute approximate surface area is 137 Å². The monoisotopic (exact) mass is 327 g/mol. The molecule has 2 heterocycles. The maximum Gasteiger partial charge on any atom is 0.254 e. The van der Waals surface area contributed by atoms with Crippen LogP contribution in [0.3, 0.4) is 0 Å². The number of hydrogen-bond donors (Lipinski definition) is 3. The van der Waals surface area contributed by atoms with Crippen molar-refractivity contribution in [2.24, 2.45) is 10.7 Å². The Hall–Kier alpha value is -2.86. The number of carbonyl (C=O) groups is 1. The molecule has 0 bridgehead atoms. The summed E-state index contributed by atoms with van der Waals surface area (Å²) in [6.07, 6.45) is 3.86. The van der Waals surface area contributed by atoms with Gasteiger partial charge in [-0.25, -0.2) is 4.99 Å². The molecular formula is C16H14ClN5O. The number of hydrogen-bond acceptors (Lipinski definition) is 3. The van der Waals surface area contributed by atoms with Crippen LogP contribution in [0.2, 0.25) is 5.02 Å². The molecular weight excluding hydrogens is 314 g/mol. The van der Waals surface area contributed by atoms with E-state index in [1.807, 2.05) is 24.3 Å². The second kappa shape index (κ2) is 6.50. The third-order valence-corrected chi connectivity index (χ3v) is 3.56. The van der Waals surface area contributed by atoms with Crippen molar-refractivity contribution >= 4 is 29.5 Å². The summed E-state index contributed by atoms with van der Waals surface area (Å²) in [7, 11) is 0. The van der Waals surface area contributed by atoms with E-state index >= 15 is 0 Å². The molecule has 3 rings (SSSR count). The number of nitrogens with two attached hydrogens (primary N) is 1. The Morgan fingerprint density at radius 2 is 2.09 bits per heavy atom. The first kappa shape index (κ1) is 15.1. The number of aromatic amines is 2. The van der Waals surface area contributed by atoms with Crippen molar-refractivity contribution in [1.82, 2.24) is 15.2 Å². The first-order chi connectivity index (χ1) is 11.1. The number of nitrogens with one attached hydrogen (secondary N) is 2. The fourth-order valence-corrected chi connectivity index (χ4v) is 2.34. The second-order valence-electron chi connectivity index (χ2n) is 4.95. The summed E-state index contributed by atoms with van der Waals surface area (Å²) in [6.45, 7) is 0. The Kier molecular flexibility index (Phi) is 4.25. The molecule has 1 aromatic carbocycles. The van der Waals surface area contributed by atoms with E-state index in [0.717, 1.165) is 11.3 Å². The predicted octanol–water partition coefficient (Wildman–Crippen LogP) is 2.83. The zero-order valence-corrected chi connectivity index (χ0v) is 12.8. The normalized spacial score (nSPS) is 11.2. The molecule has 0 radical (unpaired) electrons. The minimum absolute atomic E-state index is 0.274. The average Bonchev–Trinajstić information content (AvgIpc) is 3.17. The molecule has 0 spiro atoms. The number of H-pyrrole nitrogens is 2. The summed E-state index contributed by atoms with van der Waals surface area (Å²) in [4.78, 5) is 19.0. The van der Waals surface area contributed by atoms with Crippen LogP contribution in [0.1, 0.15) is 27.3 Å². The van der Waals surface area contributed by atoms with Gasteiger partial charge in [-0.2, -0.15) is 5.10 Å². The summed E-state index contributed by atoms with van der Waals surface area (Å²) in [5.74, 6) is -0.294. The van der Waals surface area contributed by atoms with Crippen LogP contribution < -0.4 is 5.73 Å². The molecule has 0 aliphatic rings. The van der Waals surface area contributed by atoms with Gasteiger partial charge in [0.1, 0.15) is 5.56 Å². The molecule has 4 N–H and O–H groups in total. The molecule has 3 aromatic rings. The number of rotatable bonds is 5. The number of aromatic nitrogens is 3. The van der Waals surface area contributed by atoms with E-state index < -0.39 is 5.91 Å². The molecule has 116 valence electrons. The van der Waals surface area contributed by atoms with Crippen molar-refractivity contribution in [3.8, 4) is 0 Å². The van der Waals surface area contributed by atoms with Gasteiger partial charge in [0, 0.05) is 17.6 Å². The van der Waals surface area contributed by atoms with Crippen LogP contribution >= 0.6 is 11.6 Å². The van der Waals surface area contributed by atoms with Gasteiger partial charge in [-0.3, -0.25) is 9.89 Å². The number of carbonyl (C=O) groups excluding carboxylic acids is 1. The van der Waals surface area contributed by atoms with Crippen LogP contribution in [0.25, 0.3) is 0 Å². The molecule has 23 heavy (non-hydrogen) atoms. The van der Waals surface area contributed by atoms with Gasteiger partial charge >= 0.3 is 0 Å². The van der Waals surface area contributed by atoms with Gasteiger partial charge in [0.2, 0.25) is 0 Å². The van der Waals surface area contributed by atoms with Crippen LogP contribution in [0.4, 0.5) is 5.82 Å². The molecule has 0 aliphatic heterocycles. The maximum absolute atomic E-state index is 11.8. The van der Waals surface area contributed by atoms with Crippen LogP contribution in [-0.4, -0.2) is 27.3 Å². The summed E-state index contributed by atoms with van der Waals surface area (Å²) in [5, 5.41) is 7.59. The van der Waals surface area contributed by atoms with Crippen molar-refractivity contribution < 1.29 is 4.79 Å². The number of nitrogens with zero attached hydrogens (tertiary/aromatic N) is 2. The first-order valence-electron chi connectivity index (χ1n) is 6.92. The molecule has 0 atom stereocenters. The van der Waals surface area contributed by atoms with Crippen molar-refractivity contribution in [2.75, 3.05) is 0 Å². The lowest BCUT2D eigenvalue weighted by Crippen LogP contribution is -2.13. The van der Waals surface area contributed by atoms with E-state index in [-0.39, 0.29) is 5.82 Å². The zero-order chi connectivity index (χ0) is 16.2. The Morgan fingerprint density at radius 1 is 1.30 bits per heavy atom. The van der Waals surface area contributed by atoms with E-state index in [1.165, 1.54) is 0 Å². The Balaban J connectivity index is 1.89. The molecule has 7 heteroatoms. The highest BCUT2D eigenvalue weighted by Crippen LogP contribution is 2.22. The van der Waals surface area contributed by atoms with Crippen molar-refractivity contribution in [2.45, 2.75) is 6.42 Å². The van der Waals surface area contributed by atoms with Gasteiger partial charge in [0.15, 0.2) is 5.82 Å². The fourth-order valence-electron chi connectivity index (χ4n) is 2.21. The molecule has 2 aromatic heterocycles. The SMILES string of the molecule is NC(=O)c1c(N=Cc2ccc[nH]2)n[nH]c1Cc1ccc(Cl)cc1. The van der Waals surface area contributed by atoms with Crippen molar-refractivity contribution in [3.63, 3.8) is 0 Å². The molecule has 1 amide bonds. The lowest BCUT2D eigenvalue weighted by atomic mass is 10.1. The van der Waals surface area contributed by atoms with E-state index in [0.29, 0.717) is 22.7 Å². The van der Waals surface area contributed by atoms with Crippen LogP contribution in [-0.2, 0) is 6.42 Å². The van der Waals surface area contributed by atoms with Gasteiger partial charge in [-0.15, -0.1) is 0 Å². The van der Waals surface area contributed by atoms with Gasteiger partial charge in [0.05, 0.1) is 17.6 Å². The van der Waals surface area contributed by atoms with Crippen molar-refractivity contribution in [1.29, 1.82) is 0 Å². The number of primary amides is 1. The topological polar surface area (TPSA) is 99.9 Å². The molecule has 0 saturated carbocycles. The number of amides is 1. The standard InChI is InChI=1S/C16H14ClN5O/c17-11-5-3-10(4-6-11)8-13-14(15(18)23)16(22-21-13)20-9-12-2-1-7-19-12/h1-7,9,19H,8H2,(H2,18,23)(H,21,22). The quantitative estimate of drug-likeness (QED) is 0.628. The lowest BCUT2D eigenvalue weighted by molar-refractivity contribution is 0.100. The Morgan fingerprint density at radius 3 is 2.74 bits per heavy atom. The lowest BCUT2D eigenvalue weighted by Gasteiger charge is -2.01. The average molecular weight is 328 g/mol. The molecule has 6 nitrogen and oxygen atoms in total. The molecule has 0 aliphatic carbocycles. The van der Waals surface area contributed by atoms with E-state index in [9.17, 15) is 4.79 Å². The summed E-state index contributed by atoms with van der Waals surface area (Å²) < 4.78 is 0. The van der Waals surface area contributed by atoms with E-state index in [4.69, 9.17) is 17.3 Å². The maximum atomic E-state index is 11.8. The molecule has 0 fully saturated rings. The van der Waals surface area contributed by atoms with Crippen LogP contribution in [0.5, 0.6) is 0 Å². The number of aliphatic imine (C=N–C) groups is 1. The molecule has 0 saturated heterocycles. The summed E-state index contributed by atoms with van der Waals surface area (Å²) in [5.41, 5.74) is 8.20. The van der Waals surface area contributed by atoms with Crippen LogP contribution in [0.15, 0.2) is 47.6 Å². The largest absolute Gasteiger partial charge is 0.365 e. The first-order valence-corrected chi connectivity index (χ1v) is 7.30. The smallest absolute Gasteiger partial charge is 0.254 e. The minimum atomic E-state index is -0.568. The third-order valence-electron chi connectivity index (χ3n) is 3.31. The highest BCUT2D eigenvalue weighted by Gasteiger charge is 2.17. The number of halogens is 1. The zero-order valence-electron chi connectivity index (χ0n) is 12.1. The number of benzene rings is 1. The van der Waals surface area contributed by atoms with E-state index in [1.54, 1.807) is 24.5 Å². The van der Waals surface area contributed by atoms with Crippen molar-refractivity contribution in [3.05, 3.63) is 70.1 Å². The summed E-state index contributed by atoms with van der Waals surface area (Å²) in [6, 6.07) is 11.1. The second-order valence-corrected chi connectivity index (χ2v) is 5.39.